The van der Waals surface area contributed by atoms with Crippen molar-refractivity contribution in [1.29, 1.82) is 0 Å². The Hall–Kier alpha value is -2.37. The number of primary amides is 1. The number of imidazole rings is 1. The number of hydrogen-bond acceptors (Lipinski definition) is 3. The number of hydrogen-bond donors (Lipinski definition) is 1. The van der Waals surface area contributed by atoms with Crippen molar-refractivity contribution >= 4 is 22.8 Å². The van der Waals surface area contributed by atoms with Gasteiger partial charge in [0, 0.05) is 6.54 Å². The minimum atomic E-state index is -0.465. The van der Waals surface area contributed by atoms with E-state index in [-0.39, 0.29) is 12.5 Å². The third-order valence-corrected chi connectivity index (χ3v) is 4.04. The number of nitrogens with two attached hydrogens (primary N) is 1. The Morgan fingerprint density at radius 3 is 2.90 bits per heavy atom. The van der Waals surface area contributed by atoms with E-state index in [1.807, 2.05) is 35.8 Å². The zero-order chi connectivity index (χ0) is 15.0. The van der Waals surface area contributed by atoms with E-state index in [4.69, 9.17) is 5.73 Å². The van der Waals surface area contributed by atoms with E-state index >= 15 is 0 Å². The molecular weight excluding hydrogens is 268 g/mol. The highest BCUT2D eigenvalue weighted by atomic mass is 16.2. The van der Waals surface area contributed by atoms with E-state index in [9.17, 15) is 9.59 Å². The molecule has 0 spiro atoms. The summed E-state index contributed by atoms with van der Waals surface area (Å²) in [5, 5.41) is 0. The van der Waals surface area contributed by atoms with E-state index in [0.29, 0.717) is 13.0 Å². The molecule has 1 fully saturated rings. The van der Waals surface area contributed by atoms with E-state index in [2.05, 4.69) is 4.98 Å². The van der Waals surface area contributed by atoms with Gasteiger partial charge in [-0.05, 0) is 31.9 Å². The van der Waals surface area contributed by atoms with Crippen molar-refractivity contribution in [1.82, 2.24) is 14.5 Å². The third kappa shape index (κ3) is 2.37. The average Bonchev–Trinajstić information content (AvgIpc) is 3.04. The molecule has 6 heteroatoms. The zero-order valence-electron chi connectivity index (χ0n) is 12.0. The fraction of sp³-hybridized carbons (Fsp3) is 0.400. The fourth-order valence-corrected chi connectivity index (χ4v) is 2.98. The van der Waals surface area contributed by atoms with Gasteiger partial charge in [0.1, 0.15) is 18.4 Å². The second-order valence-corrected chi connectivity index (χ2v) is 5.38. The molecule has 1 atom stereocenters. The van der Waals surface area contributed by atoms with Gasteiger partial charge >= 0.3 is 0 Å². The van der Waals surface area contributed by atoms with E-state index in [1.54, 1.807) is 4.90 Å². The van der Waals surface area contributed by atoms with E-state index < -0.39 is 11.9 Å². The van der Waals surface area contributed by atoms with Crippen LogP contribution < -0.4 is 5.73 Å². The first-order valence-electron chi connectivity index (χ1n) is 7.08. The molecule has 21 heavy (non-hydrogen) atoms. The Kier molecular flexibility index (Phi) is 3.37. The van der Waals surface area contributed by atoms with Crippen LogP contribution in [0.3, 0.4) is 0 Å². The van der Waals surface area contributed by atoms with Crippen molar-refractivity contribution in [3.05, 3.63) is 30.1 Å². The number of fused-ring (bicyclic) bond motifs is 1. The molecule has 1 aliphatic rings. The summed E-state index contributed by atoms with van der Waals surface area (Å²) in [6.45, 7) is 2.66. The van der Waals surface area contributed by atoms with Crippen LogP contribution in [0.25, 0.3) is 11.0 Å². The molecule has 1 saturated heterocycles. The summed E-state index contributed by atoms with van der Waals surface area (Å²) in [4.78, 5) is 29.9. The summed E-state index contributed by atoms with van der Waals surface area (Å²) in [7, 11) is 0. The first-order chi connectivity index (χ1) is 10.1. The van der Waals surface area contributed by atoms with Crippen molar-refractivity contribution in [2.75, 3.05) is 6.54 Å². The molecular formula is C15H18N4O2. The fourth-order valence-electron chi connectivity index (χ4n) is 2.98. The summed E-state index contributed by atoms with van der Waals surface area (Å²) in [5.74, 6) is 0.287. The molecule has 0 saturated carbocycles. The summed E-state index contributed by atoms with van der Waals surface area (Å²) in [5.41, 5.74) is 7.17. The summed E-state index contributed by atoms with van der Waals surface area (Å²) in [6.07, 6.45) is 1.48. The van der Waals surface area contributed by atoms with Crippen LogP contribution in [0.15, 0.2) is 24.3 Å². The largest absolute Gasteiger partial charge is 0.368 e. The van der Waals surface area contributed by atoms with Gasteiger partial charge in [-0.2, -0.15) is 0 Å². The number of likely N-dealkylation sites (tertiary alicyclic amines) is 1. The normalized spacial score (nSPS) is 18.3. The minimum Gasteiger partial charge on any atom is -0.368 e. The number of aromatic nitrogens is 2. The standard InChI is InChI=1S/C15H18N4O2/c1-10-17-11-5-2-3-6-12(11)19(10)9-14(20)18-8-4-7-13(18)15(16)21/h2-3,5-6,13H,4,7-9H2,1H3,(H2,16,21). The lowest BCUT2D eigenvalue weighted by Gasteiger charge is -2.22. The van der Waals surface area contributed by atoms with Crippen LogP contribution in [0, 0.1) is 6.92 Å². The molecule has 2 heterocycles. The molecule has 0 radical (unpaired) electrons. The molecule has 1 aromatic carbocycles. The van der Waals surface area contributed by atoms with Crippen molar-refractivity contribution in [3.63, 3.8) is 0 Å². The maximum absolute atomic E-state index is 12.5. The Labute approximate surface area is 122 Å². The quantitative estimate of drug-likeness (QED) is 0.907. The molecule has 1 unspecified atom stereocenters. The van der Waals surface area contributed by atoms with Crippen LogP contribution in [0.1, 0.15) is 18.7 Å². The molecule has 6 nitrogen and oxygen atoms in total. The Morgan fingerprint density at radius 2 is 2.14 bits per heavy atom. The average molecular weight is 286 g/mol. The van der Waals surface area contributed by atoms with Crippen molar-refractivity contribution in [2.24, 2.45) is 5.73 Å². The number of rotatable bonds is 3. The molecule has 1 aromatic heterocycles. The molecule has 2 N–H and O–H groups in total. The highest BCUT2D eigenvalue weighted by molar-refractivity contribution is 5.88. The summed E-state index contributed by atoms with van der Waals surface area (Å²) >= 11 is 0. The minimum absolute atomic E-state index is 0.0810. The molecule has 0 bridgehead atoms. The number of amides is 2. The predicted molar refractivity (Wildman–Crippen MR) is 78.4 cm³/mol. The Morgan fingerprint density at radius 1 is 1.38 bits per heavy atom. The maximum Gasteiger partial charge on any atom is 0.243 e. The highest BCUT2D eigenvalue weighted by Gasteiger charge is 2.32. The lowest BCUT2D eigenvalue weighted by atomic mass is 10.2. The van der Waals surface area contributed by atoms with Crippen molar-refractivity contribution < 1.29 is 9.59 Å². The van der Waals surface area contributed by atoms with E-state index in [0.717, 1.165) is 23.3 Å². The second kappa shape index (κ2) is 5.20. The molecule has 1 aliphatic heterocycles. The summed E-state index contributed by atoms with van der Waals surface area (Å²) in [6, 6.07) is 7.24. The van der Waals surface area contributed by atoms with Crippen LogP contribution in [-0.4, -0.2) is 38.9 Å². The first-order valence-corrected chi connectivity index (χ1v) is 7.08. The van der Waals surface area contributed by atoms with Gasteiger partial charge in [-0.3, -0.25) is 9.59 Å². The van der Waals surface area contributed by atoms with Gasteiger partial charge in [-0.1, -0.05) is 12.1 Å². The van der Waals surface area contributed by atoms with Gasteiger partial charge in [-0.15, -0.1) is 0 Å². The van der Waals surface area contributed by atoms with Gasteiger partial charge in [0.25, 0.3) is 0 Å². The number of aryl methyl sites for hydroxylation is 1. The zero-order valence-corrected chi connectivity index (χ0v) is 12.0. The van der Waals surface area contributed by atoms with Crippen LogP contribution in [0.4, 0.5) is 0 Å². The first kappa shape index (κ1) is 13.6. The van der Waals surface area contributed by atoms with E-state index in [1.165, 1.54) is 0 Å². The molecule has 2 aromatic rings. The highest BCUT2D eigenvalue weighted by Crippen LogP contribution is 2.20. The molecule has 3 rings (SSSR count). The molecule has 110 valence electrons. The van der Waals surface area contributed by atoms with Crippen LogP contribution >= 0.6 is 0 Å². The van der Waals surface area contributed by atoms with Gasteiger partial charge in [0.2, 0.25) is 11.8 Å². The number of carbonyl (C=O) groups is 2. The smallest absolute Gasteiger partial charge is 0.243 e. The third-order valence-electron chi connectivity index (χ3n) is 4.04. The number of nitrogens with zero attached hydrogens (tertiary/aromatic N) is 3. The number of carbonyl (C=O) groups excluding carboxylic acids is 2. The van der Waals surface area contributed by atoms with Gasteiger partial charge in [-0.25, -0.2) is 4.98 Å². The van der Waals surface area contributed by atoms with Crippen molar-refractivity contribution in [3.8, 4) is 0 Å². The Balaban J connectivity index is 1.87. The van der Waals surface area contributed by atoms with Crippen LogP contribution in [0.2, 0.25) is 0 Å². The number of benzene rings is 1. The van der Waals surface area contributed by atoms with Crippen molar-refractivity contribution in [2.45, 2.75) is 32.4 Å². The van der Waals surface area contributed by atoms with Crippen LogP contribution in [-0.2, 0) is 16.1 Å². The van der Waals surface area contributed by atoms with Gasteiger partial charge in [0.05, 0.1) is 11.0 Å². The monoisotopic (exact) mass is 286 g/mol. The predicted octanol–water partition coefficient (Wildman–Crippen LogP) is 0.821. The summed E-state index contributed by atoms with van der Waals surface area (Å²) < 4.78 is 1.88. The van der Waals surface area contributed by atoms with Crippen LogP contribution in [0.5, 0.6) is 0 Å². The SMILES string of the molecule is Cc1nc2ccccc2n1CC(=O)N1CCCC1C(N)=O. The number of para-hydroxylation sites is 2. The van der Waals surface area contributed by atoms with Gasteiger partial charge < -0.3 is 15.2 Å². The Bertz CT molecular complexity index is 707. The second-order valence-electron chi connectivity index (χ2n) is 5.38. The van der Waals surface area contributed by atoms with Gasteiger partial charge in [0.15, 0.2) is 0 Å². The molecule has 2 amide bonds. The lowest BCUT2D eigenvalue weighted by molar-refractivity contribution is -0.137. The lowest BCUT2D eigenvalue weighted by Crippen LogP contribution is -2.45. The molecule has 0 aliphatic carbocycles. The maximum atomic E-state index is 12.5. The topological polar surface area (TPSA) is 81.2 Å².